The summed E-state index contributed by atoms with van der Waals surface area (Å²) in [6, 6.07) is 0. The van der Waals surface area contributed by atoms with Crippen LogP contribution in [0.4, 0.5) is 0 Å². The Balaban J connectivity index is 2.65. The SMILES string of the molecule is Cn1c(C(=O)O)cnc1CCCCN. The molecule has 0 aliphatic rings. The summed E-state index contributed by atoms with van der Waals surface area (Å²) in [5.41, 5.74) is 5.59. The number of rotatable bonds is 5. The van der Waals surface area contributed by atoms with E-state index in [1.54, 1.807) is 11.6 Å². The first-order chi connectivity index (χ1) is 6.66. The van der Waals surface area contributed by atoms with Crippen molar-refractivity contribution in [3.05, 3.63) is 17.7 Å². The van der Waals surface area contributed by atoms with Crippen molar-refractivity contribution in [2.75, 3.05) is 6.54 Å². The van der Waals surface area contributed by atoms with E-state index in [2.05, 4.69) is 4.98 Å². The average molecular weight is 197 g/mol. The molecule has 0 atom stereocenters. The van der Waals surface area contributed by atoms with E-state index < -0.39 is 5.97 Å². The number of aromatic nitrogens is 2. The van der Waals surface area contributed by atoms with Gasteiger partial charge in [-0.1, -0.05) is 0 Å². The van der Waals surface area contributed by atoms with Gasteiger partial charge in [-0.2, -0.15) is 0 Å². The number of aryl methyl sites for hydroxylation is 1. The Morgan fingerprint density at radius 1 is 1.64 bits per heavy atom. The van der Waals surface area contributed by atoms with Crippen LogP contribution in [0.15, 0.2) is 6.20 Å². The van der Waals surface area contributed by atoms with Crippen molar-refractivity contribution in [2.45, 2.75) is 19.3 Å². The highest BCUT2D eigenvalue weighted by molar-refractivity contribution is 5.85. The molecular formula is C9H15N3O2. The van der Waals surface area contributed by atoms with Crippen LogP contribution in [-0.2, 0) is 13.5 Å². The molecule has 1 heterocycles. The highest BCUT2D eigenvalue weighted by Gasteiger charge is 2.11. The number of carboxylic acids is 1. The Morgan fingerprint density at radius 2 is 2.36 bits per heavy atom. The molecule has 0 aliphatic carbocycles. The van der Waals surface area contributed by atoms with Crippen LogP contribution in [0, 0.1) is 0 Å². The standard InChI is InChI=1S/C9H15N3O2/c1-12-7(9(13)14)6-11-8(12)4-2-3-5-10/h6H,2-5,10H2,1H3,(H,13,14). The van der Waals surface area contributed by atoms with Gasteiger partial charge in [0.05, 0.1) is 6.20 Å². The molecule has 3 N–H and O–H groups in total. The molecule has 1 aromatic rings. The first-order valence-corrected chi connectivity index (χ1v) is 4.60. The molecule has 1 aromatic heterocycles. The maximum absolute atomic E-state index is 10.7. The van der Waals surface area contributed by atoms with E-state index in [0.717, 1.165) is 25.1 Å². The lowest BCUT2D eigenvalue weighted by Crippen LogP contribution is -2.07. The van der Waals surface area contributed by atoms with Gasteiger partial charge in [0.2, 0.25) is 0 Å². The quantitative estimate of drug-likeness (QED) is 0.669. The normalized spacial score (nSPS) is 10.4. The molecule has 0 saturated heterocycles. The van der Waals surface area contributed by atoms with Crippen molar-refractivity contribution in [1.82, 2.24) is 9.55 Å². The molecule has 5 heteroatoms. The molecule has 0 bridgehead atoms. The predicted molar refractivity (Wildman–Crippen MR) is 52.2 cm³/mol. The predicted octanol–water partition coefficient (Wildman–Crippen LogP) is 0.400. The molecule has 78 valence electrons. The maximum atomic E-state index is 10.7. The summed E-state index contributed by atoms with van der Waals surface area (Å²) in [6.45, 7) is 0.663. The second-order valence-corrected chi connectivity index (χ2v) is 3.17. The number of carboxylic acid groups (broad SMARTS) is 1. The van der Waals surface area contributed by atoms with Crippen LogP contribution in [0.3, 0.4) is 0 Å². The molecule has 5 nitrogen and oxygen atoms in total. The zero-order valence-corrected chi connectivity index (χ0v) is 8.23. The topological polar surface area (TPSA) is 81.1 Å². The van der Waals surface area contributed by atoms with Gasteiger partial charge < -0.3 is 15.4 Å². The minimum atomic E-state index is -0.940. The average Bonchev–Trinajstić information content (AvgIpc) is 2.48. The largest absolute Gasteiger partial charge is 0.477 e. The number of nitrogens with two attached hydrogens (primary N) is 1. The molecule has 1 rings (SSSR count). The lowest BCUT2D eigenvalue weighted by molar-refractivity contribution is 0.0686. The second-order valence-electron chi connectivity index (χ2n) is 3.17. The highest BCUT2D eigenvalue weighted by atomic mass is 16.4. The Labute approximate surface area is 82.6 Å². The number of hydrogen-bond acceptors (Lipinski definition) is 3. The lowest BCUT2D eigenvalue weighted by atomic mass is 10.2. The van der Waals surface area contributed by atoms with Gasteiger partial charge in [-0.3, -0.25) is 0 Å². The van der Waals surface area contributed by atoms with Gasteiger partial charge in [0.25, 0.3) is 0 Å². The maximum Gasteiger partial charge on any atom is 0.354 e. The van der Waals surface area contributed by atoms with Crippen molar-refractivity contribution < 1.29 is 9.90 Å². The zero-order valence-electron chi connectivity index (χ0n) is 8.23. The monoisotopic (exact) mass is 197 g/mol. The van der Waals surface area contributed by atoms with Crippen molar-refractivity contribution >= 4 is 5.97 Å². The molecule has 0 amide bonds. The summed E-state index contributed by atoms with van der Waals surface area (Å²) >= 11 is 0. The number of nitrogens with zero attached hydrogens (tertiary/aromatic N) is 2. The first kappa shape index (κ1) is 10.7. The molecule has 0 unspecified atom stereocenters. The fourth-order valence-corrected chi connectivity index (χ4v) is 1.31. The van der Waals surface area contributed by atoms with Gasteiger partial charge >= 0.3 is 5.97 Å². The highest BCUT2D eigenvalue weighted by Crippen LogP contribution is 2.06. The van der Waals surface area contributed by atoms with E-state index in [-0.39, 0.29) is 5.69 Å². The van der Waals surface area contributed by atoms with Gasteiger partial charge in [0, 0.05) is 13.5 Å². The Bertz CT molecular complexity index is 320. The minimum absolute atomic E-state index is 0.229. The molecule has 14 heavy (non-hydrogen) atoms. The van der Waals surface area contributed by atoms with E-state index in [1.807, 2.05) is 0 Å². The van der Waals surface area contributed by atoms with Crippen LogP contribution in [0.25, 0.3) is 0 Å². The third kappa shape index (κ3) is 2.32. The van der Waals surface area contributed by atoms with Gasteiger partial charge in [0.15, 0.2) is 0 Å². The van der Waals surface area contributed by atoms with Crippen LogP contribution >= 0.6 is 0 Å². The van der Waals surface area contributed by atoms with Gasteiger partial charge in [-0.15, -0.1) is 0 Å². The summed E-state index contributed by atoms with van der Waals surface area (Å²) in [7, 11) is 1.72. The van der Waals surface area contributed by atoms with Crippen LogP contribution in [0.5, 0.6) is 0 Å². The summed E-state index contributed by atoms with van der Waals surface area (Å²) in [5, 5.41) is 8.77. The Morgan fingerprint density at radius 3 is 2.86 bits per heavy atom. The summed E-state index contributed by atoms with van der Waals surface area (Å²) < 4.78 is 1.61. The zero-order chi connectivity index (χ0) is 10.6. The van der Waals surface area contributed by atoms with Gasteiger partial charge in [-0.25, -0.2) is 9.78 Å². The summed E-state index contributed by atoms with van der Waals surface area (Å²) in [5.74, 6) is -0.138. The molecular weight excluding hydrogens is 182 g/mol. The van der Waals surface area contributed by atoms with Crippen LogP contribution < -0.4 is 5.73 Å². The number of aromatic carboxylic acids is 1. The Hall–Kier alpha value is -1.36. The van der Waals surface area contributed by atoms with Gasteiger partial charge in [-0.05, 0) is 19.4 Å². The number of hydrogen-bond donors (Lipinski definition) is 2. The van der Waals surface area contributed by atoms with Crippen molar-refractivity contribution in [3.8, 4) is 0 Å². The molecule has 0 aliphatic heterocycles. The third-order valence-electron chi connectivity index (χ3n) is 2.16. The number of carbonyl (C=O) groups is 1. The van der Waals surface area contributed by atoms with Crippen LogP contribution in [-0.4, -0.2) is 27.2 Å². The lowest BCUT2D eigenvalue weighted by Gasteiger charge is -2.02. The second kappa shape index (κ2) is 4.76. The van der Waals surface area contributed by atoms with Crippen molar-refractivity contribution in [3.63, 3.8) is 0 Å². The van der Waals surface area contributed by atoms with Crippen molar-refractivity contribution in [1.29, 1.82) is 0 Å². The fraction of sp³-hybridized carbons (Fsp3) is 0.556. The molecule has 0 radical (unpaired) electrons. The minimum Gasteiger partial charge on any atom is -0.477 e. The van der Waals surface area contributed by atoms with E-state index >= 15 is 0 Å². The molecule has 0 saturated carbocycles. The summed E-state index contributed by atoms with van der Waals surface area (Å²) in [6.07, 6.45) is 4.05. The van der Waals surface area contributed by atoms with Crippen molar-refractivity contribution in [2.24, 2.45) is 12.8 Å². The van der Waals surface area contributed by atoms with Gasteiger partial charge in [0.1, 0.15) is 11.5 Å². The van der Waals surface area contributed by atoms with E-state index in [9.17, 15) is 4.79 Å². The molecule has 0 spiro atoms. The van der Waals surface area contributed by atoms with E-state index in [1.165, 1.54) is 6.20 Å². The smallest absolute Gasteiger partial charge is 0.354 e. The first-order valence-electron chi connectivity index (χ1n) is 4.60. The number of imidazole rings is 1. The van der Waals surface area contributed by atoms with Crippen LogP contribution in [0.2, 0.25) is 0 Å². The molecule has 0 fully saturated rings. The van der Waals surface area contributed by atoms with E-state index in [0.29, 0.717) is 6.54 Å². The third-order valence-corrected chi connectivity index (χ3v) is 2.16. The van der Waals surface area contributed by atoms with Crippen LogP contribution in [0.1, 0.15) is 29.2 Å². The van der Waals surface area contributed by atoms with E-state index in [4.69, 9.17) is 10.8 Å². The molecule has 0 aromatic carbocycles. The number of unbranched alkanes of at least 4 members (excludes halogenated alkanes) is 1. The fourth-order valence-electron chi connectivity index (χ4n) is 1.31. The summed E-state index contributed by atoms with van der Waals surface area (Å²) in [4.78, 5) is 14.7. The Kier molecular flexibility index (Phi) is 3.64.